The van der Waals surface area contributed by atoms with Crippen LogP contribution in [0.1, 0.15) is 20.8 Å². The summed E-state index contributed by atoms with van der Waals surface area (Å²) in [6, 6.07) is 20.6. The van der Waals surface area contributed by atoms with Crippen LogP contribution in [-0.4, -0.2) is 10.4 Å². The quantitative estimate of drug-likeness (QED) is 0.509. The number of carbonyl (C=O) groups excluding carboxylic acids is 1. The first-order chi connectivity index (χ1) is 12.2. The largest absolute Gasteiger partial charge is 0.308 e. The Balaban J connectivity index is 1.97. The second-order valence-corrected chi connectivity index (χ2v) is 6.82. The van der Waals surface area contributed by atoms with Crippen molar-refractivity contribution in [2.24, 2.45) is 0 Å². The topological polar surface area (TPSA) is 39.1 Å². The van der Waals surface area contributed by atoms with Gasteiger partial charge < -0.3 is 4.57 Å². The summed E-state index contributed by atoms with van der Waals surface area (Å²) in [5.74, 6) is -0.0432. The highest BCUT2D eigenvalue weighted by atomic mass is 32.1. The summed E-state index contributed by atoms with van der Waals surface area (Å²) in [4.78, 5) is 26.8. The maximum atomic E-state index is 12.9. The van der Waals surface area contributed by atoms with Crippen LogP contribution >= 0.6 is 11.3 Å². The second kappa shape index (κ2) is 6.15. The van der Waals surface area contributed by atoms with Crippen molar-refractivity contribution in [3.05, 3.63) is 99.2 Å². The van der Waals surface area contributed by atoms with E-state index in [1.54, 1.807) is 24.4 Å². The third-order valence-corrected chi connectivity index (χ3v) is 5.53. The molecule has 4 heteroatoms. The molecule has 0 aliphatic heterocycles. The van der Waals surface area contributed by atoms with E-state index in [1.165, 1.54) is 11.3 Å². The monoisotopic (exact) mass is 345 g/mol. The molecule has 4 aromatic rings. The molecule has 2 heterocycles. The molecular weight excluding hydrogens is 330 g/mol. The number of benzene rings is 2. The number of hydrogen-bond donors (Lipinski definition) is 0. The van der Waals surface area contributed by atoms with Crippen LogP contribution in [0.5, 0.6) is 0 Å². The lowest BCUT2D eigenvalue weighted by Crippen LogP contribution is -2.05. The molecule has 2 aromatic carbocycles. The highest BCUT2D eigenvalue weighted by Gasteiger charge is 2.20. The molecule has 0 bridgehead atoms. The predicted molar refractivity (Wildman–Crippen MR) is 102 cm³/mol. The third kappa shape index (κ3) is 2.61. The zero-order valence-electron chi connectivity index (χ0n) is 13.6. The molecule has 0 aliphatic rings. The van der Waals surface area contributed by atoms with Gasteiger partial charge in [-0.3, -0.25) is 9.59 Å². The summed E-state index contributed by atoms with van der Waals surface area (Å²) in [5.41, 5.74) is 2.30. The van der Waals surface area contributed by atoms with Gasteiger partial charge in [-0.25, -0.2) is 0 Å². The molecule has 0 N–H and O–H groups in total. The first kappa shape index (κ1) is 15.5. The Kier molecular flexibility index (Phi) is 3.82. The molecule has 0 fully saturated rings. The van der Waals surface area contributed by atoms with Gasteiger partial charge in [-0.15, -0.1) is 11.3 Å². The van der Waals surface area contributed by atoms with Crippen molar-refractivity contribution in [2.45, 2.75) is 6.92 Å². The van der Waals surface area contributed by atoms with E-state index >= 15 is 0 Å². The van der Waals surface area contributed by atoms with E-state index in [-0.39, 0.29) is 11.2 Å². The Labute approximate surface area is 148 Å². The first-order valence-electron chi connectivity index (χ1n) is 7.97. The van der Waals surface area contributed by atoms with Gasteiger partial charge in [-0.2, -0.15) is 0 Å². The van der Waals surface area contributed by atoms with Crippen molar-refractivity contribution in [1.29, 1.82) is 0 Å². The number of carbonyl (C=O) groups is 1. The fourth-order valence-electron chi connectivity index (χ4n) is 2.98. The van der Waals surface area contributed by atoms with Crippen molar-refractivity contribution < 1.29 is 4.79 Å². The van der Waals surface area contributed by atoms with Crippen LogP contribution in [-0.2, 0) is 0 Å². The number of aryl methyl sites for hydroxylation is 1. The van der Waals surface area contributed by atoms with E-state index in [9.17, 15) is 9.59 Å². The average Bonchev–Trinajstić information content (AvgIpc) is 3.01. The molecule has 0 saturated heterocycles. The van der Waals surface area contributed by atoms with Crippen molar-refractivity contribution in [2.75, 3.05) is 0 Å². The summed E-state index contributed by atoms with van der Waals surface area (Å²) in [6.07, 6.45) is 1.77. The third-order valence-electron chi connectivity index (χ3n) is 4.24. The van der Waals surface area contributed by atoms with Crippen LogP contribution in [0.15, 0.2) is 77.7 Å². The van der Waals surface area contributed by atoms with E-state index in [1.807, 2.05) is 60.0 Å². The number of hydrogen-bond acceptors (Lipinski definition) is 3. The Morgan fingerprint density at radius 3 is 2.24 bits per heavy atom. The van der Waals surface area contributed by atoms with Gasteiger partial charge in [0.2, 0.25) is 5.78 Å². The lowest BCUT2D eigenvalue weighted by molar-refractivity contribution is 0.104. The SMILES string of the molecule is Cc1c(C(=O)c2ccccc2)sc2c1c(=O)ccn2-c1ccccc1. The molecule has 0 spiro atoms. The van der Waals surface area contributed by atoms with Gasteiger partial charge in [0, 0.05) is 23.5 Å². The van der Waals surface area contributed by atoms with E-state index in [4.69, 9.17) is 0 Å². The summed E-state index contributed by atoms with van der Waals surface area (Å²) >= 11 is 1.38. The van der Waals surface area contributed by atoms with E-state index < -0.39 is 0 Å². The molecule has 0 saturated carbocycles. The normalized spacial score (nSPS) is 10.9. The van der Waals surface area contributed by atoms with Gasteiger partial charge >= 0.3 is 0 Å². The Hall–Kier alpha value is -2.98. The number of rotatable bonds is 3. The molecule has 122 valence electrons. The Bertz CT molecular complexity index is 1130. The molecule has 0 amide bonds. The maximum Gasteiger partial charge on any atom is 0.203 e. The van der Waals surface area contributed by atoms with Crippen LogP contribution < -0.4 is 5.43 Å². The van der Waals surface area contributed by atoms with Crippen molar-refractivity contribution >= 4 is 27.3 Å². The lowest BCUT2D eigenvalue weighted by atomic mass is 10.1. The standard InChI is InChI=1S/C21H15NO2S/c1-14-18-17(23)12-13-22(16-10-6-3-7-11-16)21(18)25-20(14)19(24)15-8-4-2-5-9-15/h2-13H,1H3. The summed E-state index contributed by atoms with van der Waals surface area (Å²) in [6.45, 7) is 1.85. The number of fused-ring (bicyclic) bond motifs is 1. The van der Waals surface area contributed by atoms with Gasteiger partial charge in [-0.1, -0.05) is 48.5 Å². The predicted octanol–water partition coefficient (Wildman–Crippen LogP) is 4.59. The van der Waals surface area contributed by atoms with Crippen molar-refractivity contribution in [3.8, 4) is 5.69 Å². The highest BCUT2D eigenvalue weighted by molar-refractivity contribution is 7.20. The van der Waals surface area contributed by atoms with Crippen molar-refractivity contribution in [3.63, 3.8) is 0 Å². The summed E-state index contributed by atoms with van der Waals surface area (Å²) in [5, 5.41) is 0.621. The lowest BCUT2D eigenvalue weighted by Gasteiger charge is -2.07. The molecule has 4 rings (SSSR count). The van der Waals surface area contributed by atoms with Crippen molar-refractivity contribution in [1.82, 2.24) is 4.57 Å². The van der Waals surface area contributed by atoms with Crippen LogP contribution in [0.4, 0.5) is 0 Å². The molecule has 3 nitrogen and oxygen atoms in total. The van der Waals surface area contributed by atoms with E-state index in [0.29, 0.717) is 15.8 Å². The highest BCUT2D eigenvalue weighted by Crippen LogP contribution is 2.31. The van der Waals surface area contributed by atoms with Crippen LogP contribution in [0.25, 0.3) is 15.9 Å². The Morgan fingerprint density at radius 2 is 1.56 bits per heavy atom. The zero-order valence-corrected chi connectivity index (χ0v) is 14.4. The number of nitrogens with zero attached hydrogens (tertiary/aromatic N) is 1. The average molecular weight is 345 g/mol. The van der Waals surface area contributed by atoms with Crippen LogP contribution in [0.3, 0.4) is 0 Å². The molecule has 2 aromatic heterocycles. The van der Waals surface area contributed by atoms with E-state index in [0.717, 1.165) is 16.1 Å². The molecule has 0 atom stereocenters. The molecule has 0 radical (unpaired) electrons. The fourth-order valence-corrected chi connectivity index (χ4v) is 4.26. The summed E-state index contributed by atoms with van der Waals surface area (Å²) < 4.78 is 1.97. The number of thiophene rings is 1. The number of pyridine rings is 1. The molecule has 0 aliphatic carbocycles. The maximum absolute atomic E-state index is 12.9. The fraction of sp³-hybridized carbons (Fsp3) is 0.0476. The van der Waals surface area contributed by atoms with Gasteiger partial charge in [-0.05, 0) is 24.6 Å². The number of aromatic nitrogens is 1. The van der Waals surface area contributed by atoms with Gasteiger partial charge in [0.1, 0.15) is 4.83 Å². The second-order valence-electron chi connectivity index (χ2n) is 5.82. The van der Waals surface area contributed by atoms with Gasteiger partial charge in [0.25, 0.3) is 0 Å². The van der Waals surface area contributed by atoms with Gasteiger partial charge in [0.15, 0.2) is 5.43 Å². The number of para-hydroxylation sites is 1. The molecular formula is C21H15NO2S. The van der Waals surface area contributed by atoms with Gasteiger partial charge in [0.05, 0.1) is 10.3 Å². The molecule has 25 heavy (non-hydrogen) atoms. The number of ketones is 1. The van der Waals surface area contributed by atoms with E-state index in [2.05, 4.69) is 0 Å². The zero-order chi connectivity index (χ0) is 17.4. The first-order valence-corrected chi connectivity index (χ1v) is 8.78. The smallest absolute Gasteiger partial charge is 0.203 e. The van der Waals surface area contributed by atoms with Crippen LogP contribution in [0.2, 0.25) is 0 Å². The minimum absolute atomic E-state index is 0.0432. The van der Waals surface area contributed by atoms with Crippen LogP contribution in [0, 0.1) is 6.92 Å². The molecule has 0 unspecified atom stereocenters. The minimum atomic E-state index is -0.0527. The summed E-state index contributed by atoms with van der Waals surface area (Å²) in [7, 11) is 0. The Morgan fingerprint density at radius 1 is 0.920 bits per heavy atom. The minimum Gasteiger partial charge on any atom is -0.308 e.